The van der Waals surface area contributed by atoms with Crippen LogP contribution in [0.1, 0.15) is 19.8 Å². The van der Waals surface area contributed by atoms with E-state index in [4.69, 9.17) is 4.74 Å². The molecule has 0 aliphatic heterocycles. The Balaban J connectivity index is 2.06. The number of nitrogens with zero attached hydrogens (tertiary/aromatic N) is 3. The van der Waals surface area contributed by atoms with E-state index in [1.54, 1.807) is 13.2 Å². The highest BCUT2D eigenvalue weighted by molar-refractivity contribution is 7.99. The first kappa shape index (κ1) is 21.5. The molecule has 0 saturated heterocycles. The number of hydrogen-bond acceptors (Lipinski definition) is 6. The van der Waals surface area contributed by atoms with E-state index >= 15 is 0 Å². The van der Waals surface area contributed by atoms with E-state index in [-0.39, 0.29) is 5.75 Å². The molecule has 3 amide bonds. The average Bonchev–Trinajstić information content (AvgIpc) is 3.09. The van der Waals surface area contributed by atoms with Crippen LogP contribution in [0.3, 0.4) is 0 Å². The van der Waals surface area contributed by atoms with Gasteiger partial charge in [0.1, 0.15) is 5.75 Å². The Kier molecular flexibility index (Phi) is 8.54. The lowest BCUT2D eigenvalue weighted by Crippen LogP contribution is -2.40. The van der Waals surface area contributed by atoms with Gasteiger partial charge in [-0.15, -0.1) is 16.8 Å². The molecule has 2 rings (SSSR count). The van der Waals surface area contributed by atoms with Crippen LogP contribution in [-0.4, -0.2) is 46.1 Å². The molecule has 150 valence electrons. The molecule has 1 heterocycles. The van der Waals surface area contributed by atoms with Gasteiger partial charge in [-0.1, -0.05) is 43.3 Å². The van der Waals surface area contributed by atoms with Crippen molar-refractivity contribution in [3.05, 3.63) is 36.9 Å². The molecule has 1 aromatic heterocycles. The molecular formula is C19H25N5O3S. The van der Waals surface area contributed by atoms with E-state index in [0.29, 0.717) is 29.8 Å². The van der Waals surface area contributed by atoms with Crippen LogP contribution >= 0.6 is 11.8 Å². The van der Waals surface area contributed by atoms with Crippen molar-refractivity contribution in [1.29, 1.82) is 0 Å². The van der Waals surface area contributed by atoms with Gasteiger partial charge < -0.3 is 10.1 Å². The maximum atomic E-state index is 12.0. The molecule has 0 saturated carbocycles. The highest BCUT2D eigenvalue weighted by atomic mass is 32.2. The van der Waals surface area contributed by atoms with Gasteiger partial charge in [0.2, 0.25) is 5.91 Å². The Morgan fingerprint density at radius 3 is 2.82 bits per heavy atom. The van der Waals surface area contributed by atoms with Gasteiger partial charge in [0, 0.05) is 13.1 Å². The summed E-state index contributed by atoms with van der Waals surface area (Å²) < 4.78 is 7.25. The number of rotatable bonds is 10. The molecule has 9 heteroatoms. The second kappa shape index (κ2) is 11.1. The minimum atomic E-state index is -0.485. The summed E-state index contributed by atoms with van der Waals surface area (Å²) in [6, 6.07) is 7.02. The Morgan fingerprint density at radius 1 is 1.32 bits per heavy atom. The number of unbranched alkanes of at least 4 members (excludes halogenated alkanes) is 1. The number of carbonyl (C=O) groups is 2. The number of nitrogens with one attached hydrogen (secondary N) is 2. The van der Waals surface area contributed by atoms with Gasteiger partial charge in [-0.3, -0.25) is 14.7 Å². The zero-order chi connectivity index (χ0) is 20.4. The summed E-state index contributed by atoms with van der Waals surface area (Å²) in [6.45, 7) is 6.82. The second-order valence-corrected chi connectivity index (χ2v) is 6.79. The molecule has 0 spiro atoms. The monoisotopic (exact) mass is 403 g/mol. The Morgan fingerprint density at radius 2 is 2.11 bits per heavy atom. The van der Waals surface area contributed by atoms with Crippen LogP contribution < -0.4 is 15.4 Å². The predicted octanol–water partition coefficient (Wildman–Crippen LogP) is 2.86. The summed E-state index contributed by atoms with van der Waals surface area (Å²) in [5.74, 6) is 0.949. The summed E-state index contributed by atoms with van der Waals surface area (Å²) in [4.78, 5) is 23.7. The van der Waals surface area contributed by atoms with Crippen molar-refractivity contribution in [1.82, 2.24) is 25.4 Å². The summed E-state index contributed by atoms with van der Waals surface area (Å²) in [7, 11) is 1.60. The first-order valence-electron chi connectivity index (χ1n) is 8.98. The van der Waals surface area contributed by atoms with Crippen LogP contribution in [0.25, 0.3) is 11.4 Å². The number of thioether (sulfide) groups is 1. The number of aromatic nitrogens is 3. The fraction of sp³-hybridized carbons (Fsp3) is 0.368. The van der Waals surface area contributed by atoms with Gasteiger partial charge in [-0.2, -0.15) is 0 Å². The average molecular weight is 404 g/mol. The molecule has 2 aromatic rings. The topological polar surface area (TPSA) is 98.1 Å². The minimum Gasteiger partial charge on any atom is -0.496 e. The zero-order valence-electron chi connectivity index (χ0n) is 16.1. The van der Waals surface area contributed by atoms with Gasteiger partial charge in [-0.05, 0) is 18.6 Å². The fourth-order valence-corrected chi connectivity index (χ4v) is 3.18. The van der Waals surface area contributed by atoms with E-state index in [1.165, 1.54) is 11.8 Å². The maximum Gasteiger partial charge on any atom is 0.321 e. The summed E-state index contributed by atoms with van der Waals surface area (Å²) >= 11 is 1.20. The number of carbonyl (C=O) groups excluding carboxylic acids is 2. The molecule has 0 unspecified atom stereocenters. The smallest absolute Gasteiger partial charge is 0.321 e. The number of ether oxygens (including phenoxy) is 1. The molecule has 0 bridgehead atoms. The van der Waals surface area contributed by atoms with Gasteiger partial charge >= 0.3 is 6.03 Å². The Bertz CT molecular complexity index is 822. The standard InChI is InChI=1S/C19H25N5O3S/c1-4-6-11-20-18(26)21-16(25)13-28-19-23-22-17(24(19)12-5-2)14-9-7-8-10-15(14)27-3/h5,7-10H,2,4,6,11-13H2,1,3H3,(H2,20,21,25,26). The zero-order valence-corrected chi connectivity index (χ0v) is 16.9. The molecule has 0 fully saturated rings. The first-order valence-corrected chi connectivity index (χ1v) is 9.97. The van der Waals surface area contributed by atoms with Crippen molar-refractivity contribution in [2.45, 2.75) is 31.5 Å². The van der Waals surface area contributed by atoms with Crippen molar-refractivity contribution in [2.24, 2.45) is 0 Å². The first-order chi connectivity index (χ1) is 13.6. The molecular weight excluding hydrogens is 378 g/mol. The molecule has 0 radical (unpaired) electrons. The molecule has 0 aliphatic carbocycles. The van der Waals surface area contributed by atoms with Gasteiger partial charge in [0.25, 0.3) is 0 Å². The van der Waals surface area contributed by atoms with Gasteiger partial charge in [-0.25, -0.2) is 4.79 Å². The largest absolute Gasteiger partial charge is 0.496 e. The minimum absolute atomic E-state index is 0.0440. The summed E-state index contributed by atoms with van der Waals surface area (Å²) in [6.07, 6.45) is 3.57. The second-order valence-electron chi connectivity index (χ2n) is 5.85. The maximum absolute atomic E-state index is 12.0. The van der Waals surface area contributed by atoms with Gasteiger partial charge in [0.15, 0.2) is 11.0 Å². The summed E-state index contributed by atoms with van der Waals surface area (Å²) in [5, 5.41) is 14.0. The van der Waals surface area contributed by atoms with Crippen LogP contribution in [0.15, 0.2) is 42.1 Å². The van der Waals surface area contributed by atoms with E-state index in [9.17, 15) is 9.59 Å². The van der Waals surface area contributed by atoms with E-state index in [1.807, 2.05) is 35.8 Å². The van der Waals surface area contributed by atoms with Crippen LogP contribution in [-0.2, 0) is 11.3 Å². The Hall–Kier alpha value is -2.81. The highest BCUT2D eigenvalue weighted by Gasteiger charge is 2.18. The molecule has 0 aliphatic rings. The lowest BCUT2D eigenvalue weighted by atomic mass is 10.2. The van der Waals surface area contributed by atoms with Crippen LogP contribution in [0.4, 0.5) is 4.79 Å². The van der Waals surface area contributed by atoms with Crippen molar-refractivity contribution >= 4 is 23.7 Å². The van der Waals surface area contributed by atoms with Crippen LogP contribution in [0.5, 0.6) is 5.75 Å². The number of urea groups is 1. The third-order valence-corrected chi connectivity index (χ3v) is 4.74. The van der Waals surface area contributed by atoms with E-state index in [0.717, 1.165) is 18.4 Å². The number of benzene rings is 1. The number of amides is 3. The number of hydrogen-bond donors (Lipinski definition) is 2. The fourth-order valence-electron chi connectivity index (χ4n) is 2.43. The number of allylic oxidation sites excluding steroid dienone is 1. The normalized spacial score (nSPS) is 10.4. The SMILES string of the molecule is C=CCn1c(SCC(=O)NC(=O)NCCCC)nnc1-c1ccccc1OC. The van der Waals surface area contributed by atoms with Crippen molar-refractivity contribution < 1.29 is 14.3 Å². The molecule has 8 nitrogen and oxygen atoms in total. The predicted molar refractivity (Wildman–Crippen MR) is 109 cm³/mol. The highest BCUT2D eigenvalue weighted by Crippen LogP contribution is 2.30. The van der Waals surface area contributed by atoms with Crippen molar-refractivity contribution in [3.8, 4) is 17.1 Å². The van der Waals surface area contributed by atoms with Crippen LogP contribution in [0.2, 0.25) is 0 Å². The quantitative estimate of drug-likeness (QED) is 0.360. The third kappa shape index (κ3) is 5.85. The van der Waals surface area contributed by atoms with Crippen molar-refractivity contribution in [3.63, 3.8) is 0 Å². The lowest BCUT2D eigenvalue weighted by molar-refractivity contribution is -0.117. The molecule has 0 atom stereocenters. The summed E-state index contributed by atoms with van der Waals surface area (Å²) in [5.41, 5.74) is 0.797. The number of para-hydroxylation sites is 1. The molecule has 28 heavy (non-hydrogen) atoms. The van der Waals surface area contributed by atoms with E-state index < -0.39 is 11.9 Å². The Labute approximate surface area is 168 Å². The van der Waals surface area contributed by atoms with Crippen molar-refractivity contribution in [2.75, 3.05) is 19.4 Å². The van der Waals surface area contributed by atoms with Gasteiger partial charge in [0.05, 0.1) is 18.4 Å². The van der Waals surface area contributed by atoms with Crippen LogP contribution in [0, 0.1) is 0 Å². The number of imide groups is 1. The van der Waals surface area contributed by atoms with E-state index in [2.05, 4.69) is 27.4 Å². The third-order valence-electron chi connectivity index (χ3n) is 3.78. The molecule has 1 aromatic carbocycles. The molecule has 2 N–H and O–H groups in total. The lowest BCUT2D eigenvalue weighted by Gasteiger charge is -2.10. The number of methoxy groups -OCH3 is 1.